The number of nitrogens with zero attached hydrogens (tertiary/aromatic N) is 1. The van der Waals surface area contributed by atoms with E-state index in [1.165, 1.54) is 0 Å². The van der Waals surface area contributed by atoms with E-state index in [1.54, 1.807) is 7.11 Å². The predicted octanol–water partition coefficient (Wildman–Crippen LogP) is 4.13. The third-order valence-corrected chi connectivity index (χ3v) is 3.79. The molecule has 20 heavy (non-hydrogen) atoms. The molecule has 0 aliphatic heterocycles. The Morgan fingerprint density at radius 3 is 3.10 bits per heavy atom. The van der Waals surface area contributed by atoms with E-state index in [-0.39, 0.29) is 6.04 Å². The van der Waals surface area contributed by atoms with Gasteiger partial charge < -0.3 is 14.5 Å². The second-order valence-electron chi connectivity index (χ2n) is 4.98. The van der Waals surface area contributed by atoms with E-state index in [4.69, 9.17) is 20.8 Å². The summed E-state index contributed by atoms with van der Waals surface area (Å²) in [5, 5.41) is 4.15. The van der Waals surface area contributed by atoms with Gasteiger partial charge in [0.2, 0.25) is 0 Å². The zero-order valence-corrected chi connectivity index (χ0v) is 12.3. The fraction of sp³-hybridized carbons (Fsp3) is 0.400. The number of benzene rings is 1. The Morgan fingerprint density at radius 1 is 1.45 bits per heavy atom. The first-order chi connectivity index (χ1) is 9.67. The number of halogens is 1. The molecule has 0 spiro atoms. The summed E-state index contributed by atoms with van der Waals surface area (Å²) in [5.41, 5.74) is 1.95. The van der Waals surface area contributed by atoms with Crippen LogP contribution in [-0.2, 0) is 6.42 Å². The van der Waals surface area contributed by atoms with E-state index >= 15 is 0 Å². The van der Waals surface area contributed by atoms with E-state index in [9.17, 15) is 0 Å². The van der Waals surface area contributed by atoms with Crippen LogP contribution in [0.2, 0.25) is 5.02 Å². The maximum absolute atomic E-state index is 5.99. The Hall–Kier alpha value is -1.68. The summed E-state index contributed by atoms with van der Waals surface area (Å²) in [6.45, 7) is 1.89. The molecule has 1 aliphatic carbocycles. The van der Waals surface area contributed by atoms with Gasteiger partial charge in [-0.05, 0) is 25.0 Å². The molecule has 1 heterocycles. The largest absolute Gasteiger partial charge is 0.495 e. The molecular weight excluding hydrogens is 276 g/mol. The number of hydrogen-bond donors (Lipinski definition) is 1. The van der Waals surface area contributed by atoms with Crippen LogP contribution in [0.25, 0.3) is 0 Å². The lowest BCUT2D eigenvalue weighted by atomic mass is 9.96. The summed E-state index contributed by atoms with van der Waals surface area (Å²) < 4.78 is 11.0. The number of oxazole rings is 1. The molecule has 2 aromatic rings. The summed E-state index contributed by atoms with van der Waals surface area (Å²) in [4.78, 5) is 4.51. The quantitative estimate of drug-likeness (QED) is 0.924. The highest BCUT2D eigenvalue weighted by Crippen LogP contribution is 2.36. The molecule has 3 rings (SSSR count). The second kappa shape index (κ2) is 5.37. The topological polar surface area (TPSA) is 47.3 Å². The lowest BCUT2D eigenvalue weighted by Crippen LogP contribution is -2.17. The van der Waals surface area contributed by atoms with Crippen molar-refractivity contribution >= 4 is 17.3 Å². The highest BCUT2D eigenvalue weighted by atomic mass is 35.5. The third kappa shape index (κ3) is 2.48. The number of methoxy groups -OCH3 is 1. The number of nitrogens with one attached hydrogen (secondary N) is 1. The first-order valence-corrected chi connectivity index (χ1v) is 7.11. The Kier molecular flexibility index (Phi) is 3.57. The van der Waals surface area contributed by atoms with Gasteiger partial charge in [-0.15, -0.1) is 0 Å². The molecule has 0 amide bonds. The van der Waals surface area contributed by atoms with Crippen molar-refractivity contribution in [3.05, 3.63) is 40.6 Å². The summed E-state index contributed by atoms with van der Waals surface area (Å²) in [6.07, 6.45) is 3.09. The molecule has 0 fully saturated rings. The van der Waals surface area contributed by atoms with Crippen LogP contribution in [0.1, 0.15) is 36.2 Å². The van der Waals surface area contributed by atoms with Crippen LogP contribution < -0.4 is 10.1 Å². The Balaban J connectivity index is 1.89. The standard InChI is InChI=1S/C15H17ClN2O2/c1-9-17-15-12(4-3-5-13(15)20-9)18-11-7-6-10(16)8-14(11)19-2/h6-8,12,18H,3-5H2,1-2H3. The zero-order valence-electron chi connectivity index (χ0n) is 11.6. The number of ether oxygens (including phenoxy) is 1. The van der Waals surface area contributed by atoms with Crippen molar-refractivity contribution in [1.29, 1.82) is 0 Å². The Labute approximate surface area is 123 Å². The second-order valence-corrected chi connectivity index (χ2v) is 5.41. The van der Waals surface area contributed by atoms with Crippen LogP contribution in [0.15, 0.2) is 22.6 Å². The molecule has 0 bridgehead atoms. The van der Waals surface area contributed by atoms with Crippen LogP contribution in [0.5, 0.6) is 5.75 Å². The first kappa shape index (κ1) is 13.3. The molecular formula is C15H17ClN2O2. The van der Waals surface area contributed by atoms with Crippen LogP contribution in [0.3, 0.4) is 0 Å². The average Bonchev–Trinajstić information content (AvgIpc) is 2.82. The van der Waals surface area contributed by atoms with Crippen LogP contribution >= 0.6 is 11.6 Å². The predicted molar refractivity (Wildman–Crippen MR) is 78.5 cm³/mol. The van der Waals surface area contributed by atoms with Gasteiger partial charge in [-0.3, -0.25) is 0 Å². The molecule has 4 nitrogen and oxygen atoms in total. The molecule has 5 heteroatoms. The maximum atomic E-state index is 5.99. The van der Waals surface area contributed by atoms with Crippen molar-refractivity contribution in [1.82, 2.24) is 4.98 Å². The zero-order chi connectivity index (χ0) is 14.1. The molecule has 1 unspecified atom stereocenters. The monoisotopic (exact) mass is 292 g/mol. The van der Waals surface area contributed by atoms with Crippen molar-refractivity contribution in [2.24, 2.45) is 0 Å². The van der Waals surface area contributed by atoms with Crippen molar-refractivity contribution in [3.63, 3.8) is 0 Å². The van der Waals surface area contributed by atoms with E-state index in [1.807, 2.05) is 25.1 Å². The van der Waals surface area contributed by atoms with Crippen LogP contribution in [-0.4, -0.2) is 12.1 Å². The normalized spacial score (nSPS) is 17.6. The molecule has 0 radical (unpaired) electrons. The first-order valence-electron chi connectivity index (χ1n) is 6.73. The van der Waals surface area contributed by atoms with Crippen LogP contribution in [0, 0.1) is 6.92 Å². The molecule has 0 saturated heterocycles. The average molecular weight is 293 g/mol. The summed E-state index contributed by atoms with van der Waals surface area (Å²) >= 11 is 5.99. The van der Waals surface area contributed by atoms with Gasteiger partial charge in [0.15, 0.2) is 5.89 Å². The van der Waals surface area contributed by atoms with Crippen molar-refractivity contribution in [2.45, 2.75) is 32.2 Å². The Morgan fingerprint density at radius 2 is 2.30 bits per heavy atom. The lowest BCUT2D eigenvalue weighted by Gasteiger charge is -2.23. The minimum atomic E-state index is 0.159. The summed E-state index contributed by atoms with van der Waals surface area (Å²) in [7, 11) is 1.64. The van der Waals surface area contributed by atoms with Gasteiger partial charge in [-0.25, -0.2) is 4.98 Å². The molecule has 1 N–H and O–H groups in total. The molecule has 1 aliphatic rings. The minimum Gasteiger partial charge on any atom is -0.495 e. The van der Waals surface area contributed by atoms with Gasteiger partial charge in [0.1, 0.15) is 17.2 Å². The van der Waals surface area contributed by atoms with Gasteiger partial charge in [-0.2, -0.15) is 0 Å². The fourth-order valence-corrected chi connectivity index (χ4v) is 2.81. The molecule has 0 saturated carbocycles. The number of fused-ring (bicyclic) bond motifs is 1. The number of aryl methyl sites for hydroxylation is 2. The smallest absolute Gasteiger partial charge is 0.191 e. The maximum Gasteiger partial charge on any atom is 0.191 e. The fourth-order valence-electron chi connectivity index (χ4n) is 2.65. The lowest BCUT2D eigenvalue weighted by molar-refractivity contribution is 0.414. The third-order valence-electron chi connectivity index (χ3n) is 3.55. The number of anilines is 1. The van der Waals surface area contributed by atoms with Crippen molar-refractivity contribution < 1.29 is 9.15 Å². The highest BCUT2D eigenvalue weighted by molar-refractivity contribution is 6.30. The number of rotatable bonds is 3. The van der Waals surface area contributed by atoms with Gasteiger partial charge >= 0.3 is 0 Å². The van der Waals surface area contributed by atoms with E-state index in [0.29, 0.717) is 5.02 Å². The summed E-state index contributed by atoms with van der Waals surface area (Å²) in [6, 6.07) is 5.75. The molecule has 1 aromatic carbocycles. The van der Waals surface area contributed by atoms with Gasteiger partial charge in [0, 0.05) is 24.4 Å². The Bertz CT molecular complexity index is 624. The van der Waals surface area contributed by atoms with Gasteiger partial charge in [0.05, 0.1) is 18.8 Å². The molecule has 1 atom stereocenters. The van der Waals surface area contributed by atoms with E-state index < -0.39 is 0 Å². The highest BCUT2D eigenvalue weighted by Gasteiger charge is 2.26. The summed E-state index contributed by atoms with van der Waals surface area (Å²) in [5.74, 6) is 2.47. The van der Waals surface area contributed by atoms with Gasteiger partial charge in [-0.1, -0.05) is 11.6 Å². The minimum absolute atomic E-state index is 0.159. The van der Waals surface area contributed by atoms with E-state index in [2.05, 4.69) is 10.3 Å². The van der Waals surface area contributed by atoms with Crippen LogP contribution in [0.4, 0.5) is 5.69 Å². The van der Waals surface area contributed by atoms with Crippen molar-refractivity contribution in [2.75, 3.05) is 12.4 Å². The van der Waals surface area contributed by atoms with Gasteiger partial charge in [0.25, 0.3) is 0 Å². The van der Waals surface area contributed by atoms with E-state index in [0.717, 1.165) is 48.0 Å². The van der Waals surface area contributed by atoms with Crippen molar-refractivity contribution in [3.8, 4) is 5.75 Å². The number of hydrogen-bond acceptors (Lipinski definition) is 4. The SMILES string of the molecule is COc1cc(Cl)ccc1NC1CCCc2oc(C)nc21. The molecule has 106 valence electrons. The molecule has 1 aromatic heterocycles. The number of aromatic nitrogens is 1.